The zero-order valence-electron chi connectivity index (χ0n) is 16.7. The summed E-state index contributed by atoms with van der Waals surface area (Å²) in [4.78, 5) is 27.8. The second-order valence-electron chi connectivity index (χ2n) is 7.14. The molecule has 0 aliphatic carbocycles. The van der Waals surface area contributed by atoms with Gasteiger partial charge >= 0.3 is 0 Å². The second kappa shape index (κ2) is 8.91. The van der Waals surface area contributed by atoms with Crippen LogP contribution in [0.3, 0.4) is 0 Å². The molecule has 2 unspecified atom stereocenters. The van der Waals surface area contributed by atoms with Crippen LogP contribution in [0.25, 0.3) is 0 Å². The SMILES string of the molecule is CCCCN1C(=O)CCC(C(=O)Nc2ccn(C)n2)C1c1ccccc1OC. The lowest BCUT2D eigenvalue weighted by Gasteiger charge is -2.41. The third kappa shape index (κ3) is 4.18. The number of benzene rings is 1. The summed E-state index contributed by atoms with van der Waals surface area (Å²) in [7, 11) is 3.42. The molecule has 2 aromatic rings. The Kier molecular flexibility index (Phi) is 6.34. The van der Waals surface area contributed by atoms with Crippen molar-refractivity contribution in [2.24, 2.45) is 13.0 Å². The van der Waals surface area contributed by atoms with Crippen LogP contribution in [0.5, 0.6) is 5.75 Å². The molecule has 2 amide bonds. The summed E-state index contributed by atoms with van der Waals surface area (Å²) in [5.41, 5.74) is 0.871. The smallest absolute Gasteiger partial charge is 0.231 e. The average molecular weight is 384 g/mol. The number of carbonyl (C=O) groups is 2. The van der Waals surface area contributed by atoms with Crippen molar-refractivity contribution in [1.82, 2.24) is 14.7 Å². The van der Waals surface area contributed by atoms with Crippen LogP contribution in [-0.4, -0.2) is 40.1 Å². The van der Waals surface area contributed by atoms with E-state index < -0.39 is 0 Å². The molecule has 1 aromatic heterocycles. The van der Waals surface area contributed by atoms with E-state index in [4.69, 9.17) is 4.74 Å². The molecule has 0 saturated carbocycles. The highest BCUT2D eigenvalue weighted by Gasteiger charge is 2.41. The van der Waals surface area contributed by atoms with E-state index in [9.17, 15) is 9.59 Å². The zero-order chi connectivity index (χ0) is 20.1. The number of para-hydroxylation sites is 1. The van der Waals surface area contributed by atoms with Gasteiger partial charge in [0.05, 0.1) is 19.1 Å². The van der Waals surface area contributed by atoms with Crippen LogP contribution in [0.15, 0.2) is 36.5 Å². The quantitative estimate of drug-likeness (QED) is 0.796. The maximum Gasteiger partial charge on any atom is 0.231 e. The number of carbonyl (C=O) groups excluding carboxylic acids is 2. The van der Waals surface area contributed by atoms with Gasteiger partial charge in [0.2, 0.25) is 11.8 Å². The van der Waals surface area contributed by atoms with Crippen LogP contribution in [0, 0.1) is 5.92 Å². The molecule has 1 fully saturated rings. The highest BCUT2D eigenvalue weighted by Crippen LogP contribution is 2.41. The first kappa shape index (κ1) is 19.9. The van der Waals surface area contributed by atoms with Gasteiger partial charge < -0.3 is 15.0 Å². The topological polar surface area (TPSA) is 76.5 Å². The number of methoxy groups -OCH3 is 1. The van der Waals surface area contributed by atoms with Crippen molar-refractivity contribution < 1.29 is 14.3 Å². The van der Waals surface area contributed by atoms with Crippen molar-refractivity contribution in [3.8, 4) is 5.75 Å². The molecule has 0 spiro atoms. The molecule has 1 aliphatic rings. The molecule has 0 bridgehead atoms. The lowest BCUT2D eigenvalue weighted by atomic mass is 9.83. The van der Waals surface area contributed by atoms with E-state index in [2.05, 4.69) is 17.3 Å². The number of hydrogen-bond donors (Lipinski definition) is 1. The van der Waals surface area contributed by atoms with Crippen LogP contribution in [-0.2, 0) is 16.6 Å². The van der Waals surface area contributed by atoms with Crippen LogP contribution in [0.4, 0.5) is 5.82 Å². The average Bonchev–Trinajstić information content (AvgIpc) is 3.11. The van der Waals surface area contributed by atoms with Crippen LogP contribution in [0.2, 0.25) is 0 Å². The second-order valence-corrected chi connectivity index (χ2v) is 7.14. The molecular formula is C21H28N4O3. The maximum atomic E-state index is 13.1. The Morgan fingerprint density at radius 1 is 1.32 bits per heavy atom. The van der Waals surface area contributed by atoms with E-state index >= 15 is 0 Å². The number of rotatable bonds is 7. The Bertz CT molecular complexity index is 833. The summed E-state index contributed by atoms with van der Waals surface area (Å²) in [6.45, 7) is 2.73. The third-order valence-corrected chi connectivity index (χ3v) is 5.22. The Morgan fingerprint density at radius 2 is 2.11 bits per heavy atom. The van der Waals surface area contributed by atoms with Crippen molar-refractivity contribution in [3.63, 3.8) is 0 Å². The summed E-state index contributed by atoms with van der Waals surface area (Å²) in [5, 5.41) is 7.15. The van der Waals surface area contributed by atoms with E-state index in [0.717, 1.165) is 18.4 Å². The molecule has 7 heteroatoms. The number of aryl methyl sites for hydroxylation is 1. The van der Waals surface area contributed by atoms with E-state index in [1.165, 1.54) is 0 Å². The number of nitrogens with zero attached hydrogens (tertiary/aromatic N) is 3. The molecule has 3 rings (SSSR count). The van der Waals surface area contributed by atoms with Gasteiger partial charge in [-0.1, -0.05) is 31.5 Å². The predicted octanol–water partition coefficient (Wildman–Crippen LogP) is 3.15. The van der Waals surface area contributed by atoms with E-state index in [-0.39, 0.29) is 23.8 Å². The lowest BCUT2D eigenvalue weighted by molar-refractivity contribution is -0.142. The van der Waals surface area contributed by atoms with Crippen LogP contribution in [0.1, 0.15) is 44.2 Å². The number of piperidine rings is 1. The molecule has 1 aromatic carbocycles. The summed E-state index contributed by atoms with van der Waals surface area (Å²) in [6, 6.07) is 9.04. The first-order chi connectivity index (χ1) is 13.5. The predicted molar refractivity (Wildman–Crippen MR) is 107 cm³/mol. The molecule has 150 valence electrons. The molecule has 1 N–H and O–H groups in total. The largest absolute Gasteiger partial charge is 0.496 e. The van der Waals surface area contributed by atoms with Gasteiger partial charge in [0.15, 0.2) is 5.82 Å². The monoisotopic (exact) mass is 384 g/mol. The Morgan fingerprint density at radius 3 is 2.79 bits per heavy atom. The van der Waals surface area contributed by atoms with Crippen LogP contribution >= 0.6 is 0 Å². The van der Waals surface area contributed by atoms with Gasteiger partial charge in [0.1, 0.15) is 5.75 Å². The highest BCUT2D eigenvalue weighted by atomic mass is 16.5. The minimum absolute atomic E-state index is 0.0891. The van der Waals surface area contributed by atoms with Gasteiger partial charge in [-0.25, -0.2) is 0 Å². The standard InChI is InChI=1S/C21H28N4O3/c1-4-5-13-25-19(26)11-10-16(21(27)22-18-12-14-24(2)23-18)20(25)15-8-6-7-9-17(15)28-3/h6-9,12,14,16,20H,4-5,10-11,13H2,1-3H3,(H,22,23,27). The van der Waals surface area contributed by atoms with Gasteiger partial charge in [-0.2, -0.15) is 5.10 Å². The van der Waals surface area contributed by atoms with Crippen molar-refractivity contribution in [1.29, 1.82) is 0 Å². The summed E-state index contributed by atoms with van der Waals surface area (Å²) in [6.07, 6.45) is 4.53. The van der Waals surface area contributed by atoms with Crippen molar-refractivity contribution >= 4 is 17.6 Å². The zero-order valence-corrected chi connectivity index (χ0v) is 16.7. The first-order valence-electron chi connectivity index (χ1n) is 9.78. The maximum absolute atomic E-state index is 13.1. The normalized spacial score (nSPS) is 19.5. The highest BCUT2D eigenvalue weighted by molar-refractivity contribution is 5.94. The third-order valence-electron chi connectivity index (χ3n) is 5.22. The fourth-order valence-corrected chi connectivity index (χ4v) is 3.82. The molecule has 2 heterocycles. The van der Waals surface area contributed by atoms with Gasteiger partial charge in [0.25, 0.3) is 0 Å². The van der Waals surface area contributed by atoms with Crippen molar-refractivity contribution in [3.05, 3.63) is 42.1 Å². The molecule has 2 atom stereocenters. The number of hydrogen-bond acceptors (Lipinski definition) is 4. The molecule has 7 nitrogen and oxygen atoms in total. The minimum Gasteiger partial charge on any atom is -0.496 e. The van der Waals surface area contributed by atoms with Gasteiger partial charge in [-0.05, 0) is 18.9 Å². The summed E-state index contributed by atoms with van der Waals surface area (Å²) in [5.74, 6) is 0.810. The van der Waals surface area contributed by atoms with Crippen molar-refractivity contribution in [2.75, 3.05) is 19.0 Å². The van der Waals surface area contributed by atoms with E-state index in [1.54, 1.807) is 31.1 Å². The molecular weight excluding hydrogens is 356 g/mol. The summed E-state index contributed by atoms with van der Waals surface area (Å²) >= 11 is 0. The number of nitrogens with one attached hydrogen (secondary N) is 1. The fraction of sp³-hybridized carbons (Fsp3) is 0.476. The fourth-order valence-electron chi connectivity index (χ4n) is 3.82. The molecule has 1 saturated heterocycles. The van der Waals surface area contributed by atoms with Gasteiger partial charge in [-0.3, -0.25) is 14.3 Å². The van der Waals surface area contributed by atoms with E-state index in [1.807, 2.05) is 29.2 Å². The Labute approximate surface area is 165 Å². The minimum atomic E-state index is -0.368. The van der Waals surface area contributed by atoms with E-state index in [0.29, 0.717) is 31.0 Å². The molecule has 1 aliphatic heterocycles. The number of amides is 2. The summed E-state index contributed by atoms with van der Waals surface area (Å²) < 4.78 is 7.20. The Hall–Kier alpha value is -2.83. The van der Waals surface area contributed by atoms with Crippen molar-refractivity contribution in [2.45, 2.75) is 38.6 Å². The molecule has 28 heavy (non-hydrogen) atoms. The number of ether oxygens (including phenoxy) is 1. The number of likely N-dealkylation sites (tertiary alicyclic amines) is 1. The Balaban J connectivity index is 1.95. The first-order valence-corrected chi connectivity index (χ1v) is 9.78. The van der Waals surface area contributed by atoms with Crippen LogP contribution < -0.4 is 10.1 Å². The van der Waals surface area contributed by atoms with Gasteiger partial charge in [0, 0.05) is 37.8 Å². The number of aromatic nitrogens is 2. The van der Waals surface area contributed by atoms with Gasteiger partial charge in [-0.15, -0.1) is 0 Å². The molecule has 0 radical (unpaired) electrons. The lowest BCUT2D eigenvalue weighted by Crippen LogP contribution is -2.47. The number of anilines is 1. The number of unbranched alkanes of at least 4 members (excludes halogenated alkanes) is 1.